The number of hydrogen-bond acceptors (Lipinski definition) is 4. The number of benzene rings is 2. The van der Waals surface area contributed by atoms with Crippen LogP contribution < -0.4 is 21.1 Å². The molecule has 29 heavy (non-hydrogen) atoms. The lowest BCUT2D eigenvalue weighted by Gasteiger charge is -2.08. The predicted molar refractivity (Wildman–Crippen MR) is 110 cm³/mol. The Hall–Kier alpha value is -3.35. The average molecular weight is 397 g/mol. The van der Waals surface area contributed by atoms with E-state index in [4.69, 9.17) is 10.5 Å². The van der Waals surface area contributed by atoms with Gasteiger partial charge >= 0.3 is 0 Å². The summed E-state index contributed by atoms with van der Waals surface area (Å²) in [6.07, 6.45) is 1.98. The summed E-state index contributed by atoms with van der Waals surface area (Å²) in [5.41, 5.74) is 7.46. The summed E-state index contributed by atoms with van der Waals surface area (Å²) in [6.45, 7) is 2.79. The van der Waals surface area contributed by atoms with Crippen molar-refractivity contribution in [2.45, 2.75) is 32.7 Å². The van der Waals surface area contributed by atoms with Crippen LogP contribution in [-0.2, 0) is 16.1 Å². The van der Waals surface area contributed by atoms with E-state index in [1.165, 1.54) is 0 Å². The Bertz CT molecular complexity index is 834. The maximum Gasteiger partial charge on any atom is 0.251 e. The fourth-order valence-corrected chi connectivity index (χ4v) is 2.62. The number of ether oxygens (including phenoxy) is 1. The van der Waals surface area contributed by atoms with Crippen LogP contribution in [0, 0.1) is 6.92 Å². The maximum atomic E-state index is 12.0. The lowest BCUT2D eigenvalue weighted by Crippen LogP contribution is -2.33. The van der Waals surface area contributed by atoms with Crippen LogP contribution in [0.1, 0.15) is 40.7 Å². The molecule has 154 valence electrons. The SMILES string of the molecule is Cc1cccc(OCCCCC(=O)NCc2ccc(C(=O)NCC(N)=O)cc2)c1. The van der Waals surface area contributed by atoms with Crippen molar-refractivity contribution in [2.75, 3.05) is 13.2 Å². The van der Waals surface area contributed by atoms with Crippen molar-refractivity contribution in [2.24, 2.45) is 5.73 Å². The van der Waals surface area contributed by atoms with E-state index in [0.717, 1.165) is 29.7 Å². The van der Waals surface area contributed by atoms with Crippen LogP contribution in [-0.4, -0.2) is 30.9 Å². The maximum absolute atomic E-state index is 12.0. The Kier molecular flexibility index (Phi) is 8.69. The summed E-state index contributed by atoms with van der Waals surface area (Å²) >= 11 is 0. The van der Waals surface area contributed by atoms with Gasteiger partial charge in [0.15, 0.2) is 0 Å². The molecule has 0 aromatic heterocycles. The standard InChI is InChI=1S/C22H27N3O4/c1-16-5-4-6-19(13-16)29-12-3-2-7-21(27)24-14-17-8-10-18(11-9-17)22(28)25-15-20(23)26/h4-6,8-11,13H,2-3,7,12,14-15H2,1H3,(H2,23,26)(H,24,27)(H,25,28). The van der Waals surface area contributed by atoms with Crippen molar-refractivity contribution in [3.63, 3.8) is 0 Å². The molecule has 2 aromatic rings. The molecule has 0 bridgehead atoms. The summed E-state index contributed by atoms with van der Waals surface area (Å²) in [4.78, 5) is 34.5. The molecule has 0 unspecified atom stereocenters. The first-order valence-corrected chi connectivity index (χ1v) is 9.55. The van der Waals surface area contributed by atoms with E-state index in [9.17, 15) is 14.4 Å². The third kappa shape index (κ3) is 8.47. The number of nitrogens with one attached hydrogen (secondary N) is 2. The molecular weight excluding hydrogens is 370 g/mol. The monoisotopic (exact) mass is 397 g/mol. The third-order valence-corrected chi connectivity index (χ3v) is 4.19. The number of nitrogens with two attached hydrogens (primary N) is 1. The van der Waals surface area contributed by atoms with Crippen molar-refractivity contribution < 1.29 is 19.1 Å². The van der Waals surface area contributed by atoms with Gasteiger partial charge in [-0.25, -0.2) is 0 Å². The molecule has 4 N–H and O–H groups in total. The highest BCUT2D eigenvalue weighted by molar-refractivity contribution is 5.96. The second-order valence-electron chi connectivity index (χ2n) is 6.74. The fraction of sp³-hybridized carbons (Fsp3) is 0.318. The summed E-state index contributed by atoms with van der Waals surface area (Å²) < 4.78 is 5.67. The van der Waals surface area contributed by atoms with Crippen molar-refractivity contribution in [1.82, 2.24) is 10.6 Å². The van der Waals surface area contributed by atoms with E-state index < -0.39 is 5.91 Å². The number of carbonyl (C=O) groups excluding carboxylic acids is 3. The zero-order valence-corrected chi connectivity index (χ0v) is 16.6. The van der Waals surface area contributed by atoms with Crippen molar-refractivity contribution in [1.29, 1.82) is 0 Å². The van der Waals surface area contributed by atoms with Crippen LogP contribution in [0.5, 0.6) is 5.75 Å². The second-order valence-corrected chi connectivity index (χ2v) is 6.74. The molecular formula is C22H27N3O4. The van der Waals surface area contributed by atoms with Crippen LogP contribution in [0.25, 0.3) is 0 Å². The topological polar surface area (TPSA) is 111 Å². The molecule has 0 saturated carbocycles. The van der Waals surface area contributed by atoms with E-state index in [-0.39, 0.29) is 18.4 Å². The van der Waals surface area contributed by atoms with E-state index in [2.05, 4.69) is 10.6 Å². The number of primary amides is 1. The van der Waals surface area contributed by atoms with Gasteiger partial charge in [-0.1, -0.05) is 24.3 Å². The largest absolute Gasteiger partial charge is 0.494 e. The van der Waals surface area contributed by atoms with Crippen molar-refractivity contribution in [3.8, 4) is 5.75 Å². The Morgan fingerprint density at radius 1 is 1.00 bits per heavy atom. The Balaban J connectivity index is 1.62. The van der Waals surface area contributed by atoms with E-state index in [1.54, 1.807) is 24.3 Å². The Morgan fingerprint density at radius 3 is 2.45 bits per heavy atom. The van der Waals surface area contributed by atoms with Crippen LogP contribution in [0.3, 0.4) is 0 Å². The highest BCUT2D eigenvalue weighted by atomic mass is 16.5. The molecule has 0 aliphatic rings. The third-order valence-electron chi connectivity index (χ3n) is 4.19. The number of amides is 3. The van der Waals surface area contributed by atoms with Crippen molar-refractivity contribution in [3.05, 3.63) is 65.2 Å². The van der Waals surface area contributed by atoms with Crippen molar-refractivity contribution >= 4 is 17.7 Å². The van der Waals surface area contributed by atoms with E-state index in [0.29, 0.717) is 25.1 Å². The molecule has 2 rings (SSSR count). The molecule has 0 atom stereocenters. The number of hydrogen-bond donors (Lipinski definition) is 3. The van der Waals surface area contributed by atoms with E-state index >= 15 is 0 Å². The smallest absolute Gasteiger partial charge is 0.251 e. The molecule has 0 saturated heterocycles. The lowest BCUT2D eigenvalue weighted by molar-refractivity contribution is -0.121. The Labute approximate surface area is 170 Å². The normalized spacial score (nSPS) is 10.2. The molecule has 0 fully saturated rings. The minimum Gasteiger partial charge on any atom is -0.494 e. The van der Waals surface area contributed by atoms with E-state index in [1.807, 2.05) is 31.2 Å². The molecule has 2 aromatic carbocycles. The zero-order chi connectivity index (χ0) is 21.1. The first-order chi connectivity index (χ1) is 13.9. The molecule has 0 heterocycles. The first kappa shape index (κ1) is 21.9. The Morgan fingerprint density at radius 2 is 1.76 bits per heavy atom. The first-order valence-electron chi connectivity index (χ1n) is 9.55. The molecule has 0 radical (unpaired) electrons. The minimum atomic E-state index is -0.598. The van der Waals surface area contributed by atoms with Crippen LogP contribution in [0.4, 0.5) is 0 Å². The lowest BCUT2D eigenvalue weighted by atomic mass is 10.1. The van der Waals surface area contributed by atoms with Gasteiger partial charge in [-0.2, -0.15) is 0 Å². The number of carbonyl (C=O) groups is 3. The molecule has 3 amide bonds. The highest BCUT2D eigenvalue weighted by Gasteiger charge is 2.07. The van der Waals surface area contributed by atoms with Crippen LogP contribution in [0.2, 0.25) is 0 Å². The number of unbranched alkanes of at least 4 members (excludes halogenated alkanes) is 1. The predicted octanol–water partition coefficient (Wildman–Crippen LogP) is 2.08. The molecule has 0 spiro atoms. The van der Waals surface area contributed by atoms with Gasteiger partial charge in [0.05, 0.1) is 13.2 Å². The van der Waals surface area contributed by atoms with Gasteiger partial charge in [0.1, 0.15) is 5.75 Å². The number of rotatable bonds is 11. The summed E-state index contributed by atoms with van der Waals surface area (Å²) in [7, 11) is 0. The molecule has 7 nitrogen and oxygen atoms in total. The summed E-state index contributed by atoms with van der Waals surface area (Å²) in [6, 6.07) is 14.7. The molecule has 0 aliphatic carbocycles. The van der Waals surface area contributed by atoms with Gasteiger partial charge in [-0.05, 0) is 55.2 Å². The fourth-order valence-electron chi connectivity index (χ4n) is 2.62. The van der Waals surface area contributed by atoms with Gasteiger partial charge in [0.25, 0.3) is 5.91 Å². The van der Waals surface area contributed by atoms with Gasteiger partial charge in [0.2, 0.25) is 11.8 Å². The number of aryl methyl sites for hydroxylation is 1. The minimum absolute atomic E-state index is 0.0242. The van der Waals surface area contributed by atoms with Crippen LogP contribution in [0.15, 0.2) is 48.5 Å². The quantitative estimate of drug-likeness (QED) is 0.504. The van der Waals surface area contributed by atoms with Gasteiger partial charge in [0, 0.05) is 18.5 Å². The molecule has 7 heteroatoms. The second kappa shape index (κ2) is 11.5. The van der Waals surface area contributed by atoms with Crippen LogP contribution >= 0.6 is 0 Å². The summed E-state index contributed by atoms with van der Waals surface area (Å²) in [5, 5.41) is 5.28. The summed E-state index contributed by atoms with van der Waals surface area (Å²) in [5.74, 6) is -0.142. The zero-order valence-electron chi connectivity index (χ0n) is 16.6. The van der Waals surface area contributed by atoms with Gasteiger partial charge in [-0.3, -0.25) is 14.4 Å². The van der Waals surface area contributed by atoms with Gasteiger partial charge in [-0.15, -0.1) is 0 Å². The molecule has 0 aliphatic heterocycles. The van der Waals surface area contributed by atoms with Gasteiger partial charge < -0.3 is 21.1 Å². The highest BCUT2D eigenvalue weighted by Crippen LogP contribution is 2.13. The average Bonchev–Trinajstić information content (AvgIpc) is 2.70.